The van der Waals surface area contributed by atoms with Crippen LogP contribution in [0.5, 0.6) is 0 Å². The monoisotopic (exact) mass is 684 g/mol. The van der Waals surface area contributed by atoms with Gasteiger partial charge < -0.3 is 0 Å². The van der Waals surface area contributed by atoms with Crippen LogP contribution in [0, 0.1) is 34.5 Å². The van der Waals surface area contributed by atoms with Crippen molar-refractivity contribution in [3.8, 4) is 17.9 Å². The largest absolute Gasteiger partial charge is 0.416 e. The van der Waals surface area contributed by atoms with Gasteiger partial charge in [-0.1, -0.05) is 41.5 Å². The summed E-state index contributed by atoms with van der Waals surface area (Å²) in [5.74, 6) is 4.44. The molecule has 1 unspecified atom stereocenters. The van der Waals surface area contributed by atoms with Crippen LogP contribution in [-0.2, 0) is 11.0 Å². The summed E-state index contributed by atoms with van der Waals surface area (Å²) in [4.78, 5) is 19.5. The van der Waals surface area contributed by atoms with Gasteiger partial charge in [0.05, 0.1) is 43.7 Å². The molecule has 1 amide bonds. The first kappa shape index (κ1) is 33.6. The summed E-state index contributed by atoms with van der Waals surface area (Å²) >= 11 is 13.9. The highest BCUT2D eigenvalue weighted by Crippen LogP contribution is 2.36. The van der Waals surface area contributed by atoms with Crippen molar-refractivity contribution in [2.45, 2.75) is 43.8 Å². The van der Waals surface area contributed by atoms with Crippen molar-refractivity contribution >= 4 is 57.6 Å². The lowest BCUT2D eigenvalue weighted by Crippen LogP contribution is -2.51. The van der Waals surface area contributed by atoms with Crippen LogP contribution in [0.15, 0.2) is 59.6 Å². The Bertz CT molecular complexity index is 1740. The van der Waals surface area contributed by atoms with Crippen molar-refractivity contribution in [3.05, 3.63) is 85.5 Å². The predicted molar refractivity (Wildman–Crippen MR) is 175 cm³/mol. The maximum Gasteiger partial charge on any atom is 0.416 e. The normalized spacial score (nSPS) is 16.9. The van der Waals surface area contributed by atoms with Crippen LogP contribution < -0.4 is 10.7 Å². The Morgan fingerprint density at radius 3 is 2.41 bits per heavy atom. The first-order valence-electron chi connectivity index (χ1n) is 14.6. The van der Waals surface area contributed by atoms with E-state index in [2.05, 4.69) is 28.7 Å². The van der Waals surface area contributed by atoms with Gasteiger partial charge in [0.25, 0.3) is 5.91 Å². The number of hydrogen-bond donors (Lipinski definition) is 3. The third kappa shape index (κ3) is 8.55. The number of hydrazine groups is 1. The molecule has 0 bridgehead atoms. The van der Waals surface area contributed by atoms with E-state index in [1.165, 1.54) is 23.5 Å². The van der Waals surface area contributed by atoms with Gasteiger partial charge in [-0.25, -0.2) is 10.0 Å². The number of carbonyl (C=O) groups is 1. The molecule has 3 aromatic rings. The van der Waals surface area contributed by atoms with E-state index in [4.69, 9.17) is 33.6 Å². The van der Waals surface area contributed by atoms with E-state index in [0.29, 0.717) is 57.7 Å². The second-order valence-electron chi connectivity index (χ2n) is 11.1. The number of carbonyl (C=O) groups excluding carboxylic acids is 1. The molecule has 3 N–H and O–H groups in total. The molecule has 2 fully saturated rings. The van der Waals surface area contributed by atoms with Crippen LogP contribution in [0.25, 0.3) is 0 Å². The minimum Gasteiger partial charge on any atom is -0.299 e. The molecule has 2 aromatic carbocycles. The molecule has 13 heteroatoms. The maximum absolute atomic E-state index is 13.5. The first-order valence-corrected chi connectivity index (χ1v) is 16.2. The minimum absolute atomic E-state index is 0.0916. The first-order chi connectivity index (χ1) is 22.0. The number of piperidine rings is 1. The van der Waals surface area contributed by atoms with Crippen LogP contribution >= 0.6 is 34.5 Å². The van der Waals surface area contributed by atoms with Crippen LogP contribution in [-0.4, -0.2) is 47.5 Å². The summed E-state index contributed by atoms with van der Waals surface area (Å²) in [6, 6.07) is 15.2. The fourth-order valence-electron chi connectivity index (χ4n) is 4.88. The minimum atomic E-state index is -4.44. The van der Waals surface area contributed by atoms with Crippen molar-refractivity contribution in [1.82, 2.24) is 15.8 Å². The number of amides is 1. The smallest absolute Gasteiger partial charge is 0.299 e. The SMILES string of the molecule is N#CC1(NCC(C(=N)C(=O)NN2CCCCC2)C(=Nc2ccc(Cl)cc2Cl)c2ccc(C#Cc3ccc(C(F)(F)F)cc3)s2)CC1. The summed E-state index contributed by atoms with van der Waals surface area (Å²) < 4.78 is 38.9. The number of nitrogens with one attached hydrogen (secondary N) is 3. The predicted octanol–water partition coefficient (Wildman–Crippen LogP) is 7.39. The quantitative estimate of drug-likeness (QED) is 0.161. The molecule has 0 radical (unpaired) electrons. The molecule has 1 atom stereocenters. The van der Waals surface area contributed by atoms with Crippen LogP contribution in [0.1, 0.15) is 53.0 Å². The number of nitriles is 1. The number of nitrogens with zero attached hydrogens (tertiary/aromatic N) is 3. The lowest BCUT2D eigenvalue weighted by molar-refractivity contribution is -0.137. The topological polar surface area (TPSA) is 104 Å². The number of aliphatic imine (C=N–C) groups is 1. The highest BCUT2D eigenvalue weighted by atomic mass is 35.5. The number of halogens is 5. The standard InChI is InChI=1S/C33H29Cl2F3N6OS/c34-23-9-12-27(26(35)18-23)42-30(28-13-11-24(46-28)10-6-21-4-7-22(8-5-21)33(36,37)38)25(19-41-32(20-39)14-15-32)29(40)31(45)43-44-16-2-1-3-17-44/h4-5,7-9,11-13,18,25,40-41H,1-3,14-17,19H2,(H,43,45). The lowest BCUT2D eigenvalue weighted by Gasteiger charge is -2.28. The average Bonchev–Trinajstić information content (AvgIpc) is 3.67. The van der Waals surface area contributed by atoms with Gasteiger partial charge >= 0.3 is 6.18 Å². The molecule has 1 saturated heterocycles. The highest BCUT2D eigenvalue weighted by molar-refractivity contribution is 7.14. The molecule has 238 valence electrons. The number of thiophene rings is 1. The van der Waals surface area contributed by atoms with Gasteiger partial charge in [0.1, 0.15) is 11.3 Å². The number of rotatable bonds is 9. The second-order valence-corrected chi connectivity index (χ2v) is 13.0. The molecule has 1 aliphatic carbocycles. The van der Waals surface area contributed by atoms with E-state index >= 15 is 0 Å². The summed E-state index contributed by atoms with van der Waals surface area (Å²) in [6.07, 6.45) is -0.169. The molecule has 1 aliphatic heterocycles. The van der Waals surface area contributed by atoms with E-state index in [-0.39, 0.29) is 17.3 Å². The fraction of sp³-hybridized carbons (Fsp3) is 0.333. The van der Waals surface area contributed by atoms with Gasteiger partial charge in [0.15, 0.2) is 0 Å². The summed E-state index contributed by atoms with van der Waals surface area (Å²) in [6.45, 7) is 1.47. The molecular weight excluding hydrogens is 656 g/mol. The zero-order valence-electron chi connectivity index (χ0n) is 24.5. The Hall–Kier alpha value is -3.71. The molecule has 46 heavy (non-hydrogen) atoms. The van der Waals surface area contributed by atoms with Crippen molar-refractivity contribution < 1.29 is 18.0 Å². The van der Waals surface area contributed by atoms with E-state index < -0.39 is 29.1 Å². The van der Waals surface area contributed by atoms with Crippen LogP contribution in [0.3, 0.4) is 0 Å². The molecule has 0 spiro atoms. The zero-order valence-corrected chi connectivity index (χ0v) is 26.8. The van der Waals surface area contributed by atoms with Crippen molar-refractivity contribution in [2.24, 2.45) is 10.9 Å². The highest BCUT2D eigenvalue weighted by Gasteiger charge is 2.44. The Morgan fingerprint density at radius 2 is 1.78 bits per heavy atom. The summed E-state index contributed by atoms with van der Waals surface area (Å²) in [5, 5.41) is 24.5. The zero-order chi connectivity index (χ0) is 32.9. The van der Waals surface area contributed by atoms with Gasteiger partial charge in [-0.05, 0) is 80.3 Å². The Kier molecular flexibility index (Phi) is 10.5. The molecular formula is C33H29Cl2F3N6OS. The molecule has 5 rings (SSSR count). The van der Waals surface area contributed by atoms with Crippen molar-refractivity contribution in [1.29, 1.82) is 10.7 Å². The van der Waals surface area contributed by atoms with E-state index in [1.54, 1.807) is 30.3 Å². The van der Waals surface area contributed by atoms with E-state index in [1.807, 2.05) is 5.01 Å². The fourth-order valence-corrected chi connectivity index (χ4v) is 6.23. The van der Waals surface area contributed by atoms with Gasteiger partial charge in [-0.2, -0.15) is 18.4 Å². The third-order valence-electron chi connectivity index (χ3n) is 7.70. The van der Waals surface area contributed by atoms with E-state index in [9.17, 15) is 23.2 Å². The Labute approximate surface area is 278 Å². The molecule has 2 heterocycles. The third-order valence-corrected chi connectivity index (χ3v) is 9.26. The Balaban J connectivity index is 1.50. The van der Waals surface area contributed by atoms with Gasteiger partial charge in [0.2, 0.25) is 0 Å². The maximum atomic E-state index is 13.5. The van der Waals surface area contributed by atoms with Crippen LogP contribution in [0.2, 0.25) is 10.0 Å². The number of hydrogen-bond acceptors (Lipinski definition) is 7. The van der Waals surface area contributed by atoms with Crippen molar-refractivity contribution in [3.63, 3.8) is 0 Å². The number of alkyl halides is 3. The summed E-state index contributed by atoms with van der Waals surface area (Å²) in [5.41, 5.74) is 2.31. The van der Waals surface area contributed by atoms with Gasteiger partial charge in [-0.3, -0.25) is 20.9 Å². The molecule has 2 aliphatic rings. The average molecular weight is 686 g/mol. The second kappa shape index (κ2) is 14.4. The number of benzene rings is 2. The summed E-state index contributed by atoms with van der Waals surface area (Å²) in [7, 11) is 0. The molecule has 1 aromatic heterocycles. The van der Waals surface area contributed by atoms with Gasteiger partial charge in [-0.15, -0.1) is 11.3 Å². The lowest BCUT2D eigenvalue weighted by atomic mass is 9.94. The van der Waals surface area contributed by atoms with Crippen LogP contribution in [0.4, 0.5) is 18.9 Å². The molecule has 1 saturated carbocycles. The Morgan fingerprint density at radius 1 is 1.07 bits per heavy atom. The molecule has 7 nitrogen and oxygen atoms in total. The van der Waals surface area contributed by atoms with Gasteiger partial charge in [0, 0.05) is 30.2 Å². The van der Waals surface area contributed by atoms with Crippen molar-refractivity contribution in [2.75, 3.05) is 19.6 Å². The van der Waals surface area contributed by atoms with E-state index in [0.717, 1.165) is 31.4 Å².